The molecule has 0 saturated carbocycles. The topological polar surface area (TPSA) is 232 Å². The van der Waals surface area contributed by atoms with Crippen LogP contribution in [0.25, 0.3) is 0 Å². The van der Waals surface area contributed by atoms with Gasteiger partial charge in [0.2, 0.25) is 26.6 Å². The Morgan fingerprint density at radius 1 is 0.440 bits per heavy atom. The van der Waals surface area contributed by atoms with Gasteiger partial charge in [-0.15, -0.1) is 0 Å². The Bertz CT molecular complexity index is 2990. The van der Waals surface area contributed by atoms with Crippen LogP contribution in [0, 0.1) is 25.7 Å². The zero-order valence-corrected chi connectivity index (χ0v) is 51.5. The first-order valence-electron chi connectivity index (χ1n) is 28.9. The molecule has 0 heterocycles. The Labute approximate surface area is 496 Å². The first-order valence-corrected chi connectivity index (χ1v) is 32.8. The Morgan fingerprint density at radius 3 is 1.06 bits per heavy atom. The minimum atomic E-state index is -4.10. The van der Waals surface area contributed by atoms with Gasteiger partial charge in [0.15, 0.2) is 0 Å². The van der Waals surface area contributed by atoms with Crippen LogP contribution in [0.3, 0.4) is 0 Å². The summed E-state index contributed by atoms with van der Waals surface area (Å²) in [6.45, 7) is 17.6. The molecule has 84 heavy (non-hydrogen) atoms. The maximum atomic E-state index is 13.8. The smallest absolute Gasteiger partial charge is 0.253 e. The van der Waals surface area contributed by atoms with Crippen molar-refractivity contribution in [3.05, 3.63) is 202 Å². The average Bonchev–Trinajstić information content (AvgIpc) is 3.27. The summed E-state index contributed by atoms with van der Waals surface area (Å²) in [4.78, 5) is 105. The highest BCUT2D eigenvalue weighted by Crippen LogP contribution is 2.49. The van der Waals surface area contributed by atoms with Crippen molar-refractivity contribution in [1.82, 2.24) is 20.4 Å². The van der Waals surface area contributed by atoms with Gasteiger partial charge in [-0.05, 0) is 111 Å². The normalized spacial score (nSPS) is 13.8. The highest BCUT2D eigenvalue weighted by molar-refractivity contribution is 7.59. The van der Waals surface area contributed by atoms with Crippen molar-refractivity contribution in [1.29, 1.82) is 0 Å². The molecule has 6 amide bonds. The molecule has 0 fully saturated rings. The number of nitrogens with zero attached hydrogens (tertiary/aromatic N) is 2. The second kappa shape index (κ2) is 33.1. The molecule has 0 aliphatic heterocycles. The standard InChI is InChI=1S/2C33H42N3O5P/c2*1-5-19-36(20-6-2)33(39)28-14-10-13-27(22-28)32(38)35-30(21-26-11-8-7-9-12-26)42(40,41)23-25(4)31(37)34-29-17-15-24(3)16-18-29/h2*7-18,22,25,30H,5-6,19-21,23H2,1-4H3,(H,34,37)(H,35,38)(H,40,41)/t25?,30-;25-,30-/m11/s1. The third kappa shape index (κ3) is 21.0. The molecule has 6 N–H and O–H groups in total. The van der Waals surface area contributed by atoms with Gasteiger partial charge in [-0.3, -0.25) is 37.9 Å². The Hall–Kier alpha value is -7.48. The lowest BCUT2D eigenvalue weighted by molar-refractivity contribution is -0.119. The van der Waals surface area contributed by atoms with Crippen LogP contribution < -0.4 is 21.3 Å². The molecule has 448 valence electrons. The molecule has 6 aromatic carbocycles. The van der Waals surface area contributed by atoms with Crippen molar-refractivity contribution in [2.75, 3.05) is 49.1 Å². The number of rotatable bonds is 28. The summed E-state index contributed by atoms with van der Waals surface area (Å²) < 4.78 is 27.6. The van der Waals surface area contributed by atoms with Crippen molar-refractivity contribution < 1.29 is 47.7 Å². The number of hydrogen-bond acceptors (Lipinski definition) is 8. The first-order chi connectivity index (χ1) is 40.1. The van der Waals surface area contributed by atoms with E-state index in [1.165, 1.54) is 12.1 Å². The largest absolute Gasteiger partial charge is 0.343 e. The van der Waals surface area contributed by atoms with E-state index >= 15 is 0 Å². The van der Waals surface area contributed by atoms with E-state index in [1.54, 1.807) is 84.3 Å². The van der Waals surface area contributed by atoms with Gasteiger partial charge in [0.05, 0.1) is 0 Å². The van der Waals surface area contributed by atoms with Crippen LogP contribution in [0.4, 0.5) is 11.4 Å². The van der Waals surface area contributed by atoms with Crippen molar-refractivity contribution in [2.45, 2.75) is 105 Å². The summed E-state index contributed by atoms with van der Waals surface area (Å²) in [5.41, 5.74) is 6.06. The molecular formula is C66H84N6O10P2. The first kappa shape index (κ1) is 67.3. The molecule has 0 radical (unpaired) electrons. The van der Waals surface area contributed by atoms with Crippen LogP contribution >= 0.6 is 14.7 Å². The lowest BCUT2D eigenvalue weighted by Crippen LogP contribution is -2.38. The van der Waals surface area contributed by atoms with E-state index in [2.05, 4.69) is 21.3 Å². The van der Waals surface area contributed by atoms with Gasteiger partial charge in [0.25, 0.3) is 23.6 Å². The molecule has 16 nitrogen and oxygen atoms in total. The second-order valence-corrected chi connectivity index (χ2v) is 26.5. The van der Waals surface area contributed by atoms with Gasteiger partial charge < -0.3 is 40.9 Å². The van der Waals surface area contributed by atoms with Crippen molar-refractivity contribution in [3.8, 4) is 0 Å². The van der Waals surface area contributed by atoms with Gasteiger partial charge in [-0.1, -0.05) is 150 Å². The van der Waals surface area contributed by atoms with Crippen LogP contribution in [0.2, 0.25) is 0 Å². The predicted octanol–water partition coefficient (Wildman–Crippen LogP) is 12.2. The van der Waals surface area contributed by atoms with Crippen LogP contribution in [0.15, 0.2) is 158 Å². The van der Waals surface area contributed by atoms with Crippen molar-refractivity contribution in [2.24, 2.45) is 11.8 Å². The number of nitrogens with one attached hydrogen (secondary N) is 4. The lowest BCUT2D eigenvalue weighted by atomic mass is 10.1. The van der Waals surface area contributed by atoms with E-state index in [0.29, 0.717) is 48.7 Å². The zero-order valence-electron chi connectivity index (χ0n) is 49.8. The fraction of sp³-hybridized carbons (Fsp3) is 0.364. The van der Waals surface area contributed by atoms with Crippen LogP contribution in [-0.2, 0) is 31.6 Å². The van der Waals surface area contributed by atoms with Gasteiger partial charge in [0, 0.05) is 96.8 Å². The molecule has 0 aliphatic rings. The fourth-order valence-corrected chi connectivity index (χ4v) is 13.4. The molecule has 18 heteroatoms. The minimum absolute atomic E-state index is 0.103. The molecular weight excluding hydrogens is 1100 g/mol. The number of benzene rings is 6. The van der Waals surface area contributed by atoms with E-state index in [-0.39, 0.29) is 59.9 Å². The summed E-state index contributed by atoms with van der Waals surface area (Å²) in [5, 5.41) is 11.1. The number of anilines is 2. The number of hydrogen-bond donors (Lipinski definition) is 6. The van der Waals surface area contributed by atoms with Crippen molar-refractivity contribution in [3.63, 3.8) is 0 Å². The number of aryl methyl sites for hydroxylation is 2. The quantitative estimate of drug-likeness (QED) is 0.0254. The zero-order chi connectivity index (χ0) is 61.4. The molecule has 0 aliphatic carbocycles. The highest BCUT2D eigenvalue weighted by atomic mass is 31.2. The molecule has 0 bridgehead atoms. The third-order valence-electron chi connectivity index (χ3n) is 14.0. The molecule has 6 atom stereocenters. The third-order valence-corrected chi connectivity index (χ3v) is 18.7. The molecule has 6 aromatic rings. The van der Waals surface area contributed by atoms with E-state index in [0.717, 1.165) is 47.9 Å². The Kier molecular flexibility index (Phi) is 26.5. The summed E-state index contributed by atoms with van der Waals surface area (Å²) >= 11 is 0. The lowest BCUT2D eigenvalue weighted by Gasteiger charge is -2.26. The Morgan fingerprint density at radius 2 is 0.750 bits per heavy atom. The maximum absolute atomic E-state index is 13.8. The predicted molar refractivity (Wildman–Crippen MR) is 336 cm³/mol. The van der Waals surface area contributed by atoms with Crippen LogP contribution in [-0.4, -0.2) is 105 Å². The number of carbonyl (C=O) groups excluding carboxylic acids is 6. The fourth-order valence-electron chi connectivity index (χ4n) is 9.40. The maximum Gasteiger partial charge on any atom is 0.253 e. The summed E-state index contributed by atoms with van der Waals surface area (Å²) in [6.07, 6.45) is 2.85. The molecule has 0 saturated heterocycles. The monoisotopic (exact) mass is 1180 g/mol. The Balaban J connectivity index is 0.000000307. The SMILES string of the molecule is CCCN(CCC)C(=O)c1cccc(C(=O)N[C@@H](Cc2ccccc2)P(=O)(O)CC(C)C(=O)Nc2ccc(C)cc2)c1.CCCN(CCC)C(=O)c1cccc(C(=O)N[C@@H](Cc2ccccc2)P(=O)(O)C[C@@H](C)C(=O)Nc2ccc(C)cc2)c1. The van der Waals surface area contributed by atoms with Gasteiger partial charge >= 0.3 is 0 Å². The van der Waals surface area contributed by atoms with Gasteiger partial charge in [-0.2, -0.15) is 0 Å². The number of amides is 6. The van der Waals surface area contributed by atoms with Gasteiger partial charge in [-0.25, -0.2) is 0 Å². The summed E-state index contributed by atoms with van der Waals surface area (Å²) in [6, 6.07) is 45.7. The van der Waals surface area contributed by atoms with E-state index < -0.39 is 50.0 Å². The average molecular weight is 1180 g/mol. The van der Waals surface area contributed by atoms with Crippen LogP contribution in [0.5, 0.6) is 0 Å². The van der Waals surface area contributed by atoms with E-state index in [9.17, 15) is 47.7 Å². The van der Waals surface area contributed by atoms with E-state index in [1.807, 2.05) is 126 Å². The van der Waals surface area contributed by atoms with Crippen molar-refractivity contribution >= 4 is 61.6 Å². The number of carbonyl (C=O) groups is 6. The molecule has 0 aromatic heterocycles. The summed E-state index contributed by atoms with van der Waals surface area (Å²) in [7, 11) is -8.20. The molecule has 3 unspecified atom stereocenters. The second-order valence-electron chi connectivity index (χ2n) is 21.5. The summed E-state index contributed by atoms with van der Waals surface area (Å²) in [5.74, 6) is -6.06. The highest BCUT2D eigenvalue weighted by Gasteiger charge is 2.38. The molecule has 0 spiro atoms. The minimum Gasteiger partial charge on any atom is -0.343 e. The van der Waals surface area contributed by atoms with E-state index in [4.69, 9.17) is 0 Å². The van der Waals surface area contributed by atoms with Gasteiger partial charge in [0.1, 0.15) is 11.6 Å². The van der Waals surface area contributed by atoms with Crippen LogP contribution in [0.1, 0.15) is 131 Å². The molecule has 6 rings (SSSR count).